The third-order valence-electron chi connectivity index (χ3n) is 6.45. The highest BCUT2D eigenvalue weighted by Gasteiger charge is 2.37. The first kappa shape index (κ1) is 18.9. The molecule has 27 heavy (non-hydrogen) atoms. The van der Waals surface area contributed by atoms with Crippen LogP contribution < -0.4 is 9.62 Å². The van der Waals surface area contributed by atoms with E-state index in [1.165, 1.54) is 12.8 Å². The van der Waals surface area contributed by atoms with Gasteiger partial charge in [0.2, 0.25) is 15.9 Å². The third-order valence-corrected chi connectivity index (χ3v) is 7.96. The van der Waals surface area contributed by atoms with Crippen molar-refractivity contribution in [1.82, 2.24) is 4.72 Å². The average Bonchev–Trinajstić information content (AvgIpc) is 2.72. The molecule has 0 bridgehead atoms. The van der Waals surface area contributed by atoms with Crippen molar-refractivity contribution >= 4 is 21.6 Å². The molecule has 0 aromatic heterocycles. The van der Waals surface area contributed by atoms with E-state index in [1.54, 1.807) is 12.1 Å². The van der Waals surface area contributed by atoms with Gasteiger partial charge in [0.05, 0.1) is 4.90 Å². The lowest BCUT2D eigenvalue weighted by molar-refractivity contribution is -0.125. The smallest absolute Gasteiger partial charge is 0.240 e. The van der Waals surface area contributed by atoms with Gasteiger partial charge in [-0.05, 0) is 62.8 Å². The minimum Gasteiger partial charge on any atom is -0.309 e. The highest BCUT2D eigenvalue weighted by Crippen LogP contribution is 2.38. The summed E-state index contributed by atoms with van der Waals surface area (Å²) in [5.74, 6) is 0.360. The van der Waals surface area contributed by atoms with Crippen molar-refractivity contribution in [3.05, 3.63) is 23.8 Å². The molecule has 4 rings (SSSR count). The first-order valence-electron chi connectivity index (χ1n) is 10.4. The second-order valence-corrected chi connectivity index (χ2v) is 10.2. The van der Waals surface area contributed by atoms with Crippen LogP contribution in [0, 0.1) is 5.92 Å². The maximum Gasteiger partial charge on any atom is 0.240 e. The van der Waals surface area contributed by atoms with Crippen LogP contribution in [0.3, 0.4) is 0 Å². The van der Waals surface area contributed by atoms with Gasteiger partial charge in [0.25, 0.3) is 0 Å². The van der Waals surface area contributed by atoms with Gasteiger partial charge >= 0.3 is 0 Å². The fraction of sp³-hybridized carbons (Fsp3) is 0.667. The van der Waals surface area contributed by atoms with E-state index in [9.17, 15) is 13.2 Å². The van der Waals surface area contributed by atoms with Gasteiger partial charge < -0.3 is 4.90 Å². The normalized spacial score (nSPS) is 24.3. The quantitative estimate of drug-likeness (QED) is 0.796. The first-order chi connectivity index (χ1) is 13.0. The Morgan fingerprint density at radius 2 is 1.74 bits per heavy atom. The zero-order valence-corrected chi connectivity index (χ0v) is 16.9. The molecule has 1 heterocycles. The van der Waals surface area contributed by atoms with E-state index in [0.717, 1.165) is 62.6 Å². The van der Waals surface area contributed by atoms with E-state index >= 15 is 0 Å². The molecule has 5 nitrogen and oxygen atoms in total. The maximum absolute atomic E-state index is 12.9. The van der Waals surface area contributed by atoms with Crippen molar-refractivity contribution < 1.29 is 13.2 Å². The van der Waals surface area contributed by atoms with Crippen LogP contribution in [0.1, 0.15) is 70.3 Å². The van der Waals surface area contributed by atoms with Gasteiger partial charge in [-0.1, -0.05) is 32.1 Å². The summed E-state index contributed by atoms with van der Waals surface area (Å²) in [6.07, 6.45) is 10.2. The molecule has 0 saturated heterocycles. The van der Waals surface area contributed by atoms with Crippen LogP contribution in [-0.2, 0) is 21.2 Å². The molecular weight excluding hydrogens is 360 g/mol. The number of rotatable bonds is 4. The molecule has 1 atom stereocenters. The largest absolute Gasteiger partial charge is 0.309 e. The molecule has 2 saturated carbocycles. The fourth-order valence-electron chi connectivity index (χ4n) is 4.65. The van der Waals surface area contributed by atoms with E-state index in [4.69, 9.17) is 0 Å². The van der Waals surface area contributed by atoms with E-state index in [0.29, 0.717) is 4.90 Å². The molecule has 2 fully saturated rings. The van der Waals surface area contributed by atoms with Crippen molar-refractivity contribution in [2.45, 2.75) is 88.1 Å². The summed E-state index contributed by atoms with van der Waals surface area (Å²) in [5.41, 5.74) is 1.87. The Hall–Kier alpha value is -1.40. The molecule has 1 N–H and O–H groups in total. The Morgan fingerprint density at radius 3 is 2.37 bits per heavy atom. The van der Waals surface area contributed by atoms with Crippen molar-refractivity contribution in [3.8, 4) is 0 Å². The molecule has 0 unspecified atom stereocenters. The number of carbonyl (C=O) groups is 1. The van der Waals surface area contributed by atoms with Gasteiger partial charge in [-0.15, -0.1) is 0 Å². The molecule has 148 valence electrons. The van der Waals surface area contributed by atoms with E-state index in [1.807, 2.05) is 11.0 Å². The number of anilines is 1. The summed E-state index contributed by atoms with van der Waals surface area (Å²) in [4.78, 5) is 15.0. The third kappa shape index (κ3) is 3.79. The standard InChI is InChI=1S/C21H30N2O3S/c1-15-13-17-14-19(27(25,26)22-18-9-4-2-3-5-10-18)11-12-20(17)23(15)21(24)16-7-6-8-16/h11-12,14-16,18,22H,2-10,13H2,1H3/t15-/m1/s1. The lowest BCUT2D eigenvalue weighted by Crippen LogP contribution is -2.42. The molecule has 1 aliphatic heterocycles. The van der Waals surface area contributed by atoms with E-state index in [-0.39, 0.29) is 23.9 Å². The van der Waals surface area contributed by atoms with Gasteiger partial charge in [-0.25, -0.2) is 13.1 Å². The summed E-state index contributed by atoms with van der Waals surface area (Å²) in [6, 6.07) is 5.41. The molecular formula is C21H30N2O3S. The predicted molar refractivity (Wildman–Crippen MR) is 106 cm³/mol. The number of hydrogen-bond donors (Lipinski definition) is 1. The highest BCUT2D eigenvalue weighted by molar-refractivity contribution is 7.89. The molecule has 6 heteroatoms. The maximum atomic E-state index is 12.9. The van der Waals surface area contributed by atoms with Gasteiger partial charge in [-0.3, -0.25) is 4.79 Å². The Morgan fingerprint density at radius 1 is 1.04 bits per heavy atom. The van der Waals surface area contributed by atoms with Crippen LogP contribution in [-0.4, -0.2) is 26.4 Å². The summed E-state index contributed by atoms with van der Waals surface area (Å²) in [7, 11) is -3.52. The Balaban J connectivity index is 1.54. The summed E-state index contributed by atoms with van der Waals surface area (Å²) >= 11 is 0. The number of amides is 1. The van der Waals surface area contributed by atoms with Crippen LogP contribution in [0.5, 0.6) is 0 Å². The van der Waals surface area contributed by atoms with Gasteiger partial charge in [-0.2, -0.15) is 0 Å². The summed E-state index contributed by atoms with van der Waals surface area (Å²) in [5, 5.41) is 0. The van der Waals surface area contributed by atoms with Gasteiger partial charge in [0, 0.05) is 23.7 Å². The number of benzene rings is 1. The second kappa shape index (κ2) is 7.55. The molecule has 0 spiro atoms. The Kier molecular flexibility index (Phi) is 5.30. The number of fused-ring (bicyclic) bond motifs is 1. The highest BCUT2D eigenvalue weighted by atomic mass is 32.2. The lowest BCUT2D eigenvalue weighted by Gasteiger charge is -2.32. The molecule has 2 aliphatic carbocycles. The molecule has 1 amide bonds. The Bertz CT molecular complexity index is 809. The van der Waals surface area contributed by atoms with Gasteiger partial charge in [0.15, 0.2) is 0 Å². The van der Waals surface area contributed by atoms with Crippen molar-refractivity contribution in [2.75, 3.05) is 4.90 Å². The molecule has 3 aliphatic rings. The summed E-state index contributed by atoms with van der Waals surface area (Å²) < 4.78 is 28.7. The van der Waals surface area contributed by atoms with Crippen LogP contribution in [0.2, 0.25) is 0 Å². The zero-order valence-electron chi connectivity index (χ0n) is 16.1. The van der Waals surface area contributed by atoms with E-state index in [2.05, 4.69) is 11.6 Å². The number of carbonyl (C=O) groups excluding carboxylic acids is 1. The topological polar surface area (TPSA) is 66.5 Å². The lowest BCUT2D eigenvalue weighted by atomic mass is 9.84. The zero-order chi connectivity index (χ0) is 19.0. The minimum absolute atomic E-state index is 0.0429. The number of nitrogens with zero attached hydrogens (tertiary/aromatic N) is 1. The summed E-state index contributed by atoms with van der Waals surface area (Å²) in [6.45, 7) is 2.05. The van der Waals surface area contributed by atoms with E-state index < -0.39 is 10.0 Å². The van der Waals surface area contributed by atoms with Crippen LogP contribution in [0.4, 0.5) is 5.69 Å². The minimum atomic E-state index is -3.52. The molecule has 1 aromatic carbocycles. The van der Waals surface area contributed by atoms with Crippen LogP contribution in [0.25, 0.3) is 0 Å². The van der Waals surface area contributed by atoms with Crippen LogP contribution >= 0.6 is 0 Å². The van der Waals surface area contributed by atoms with Crippen molar-refractivity contribution in [2.24, 2.45) is 5.92 Å². The van der Waals surface area contributed by atoms with Crippen molar-refractivity contribution in [1.29, 1.82) is 0 Å². The Labute approximate surface area is 162 Å². The first-order valence-corrected chi connectivity index (χ1v) is 11.9. The fourth-order valence-corrected chi connectivity index (χ4v) is 6.00. The SMILES string of the molecule is C[C@@H]1Cc2cc(S(=O)(=O)NC3CCCCCC3)ccc2N1C(=O)C1CCC1. The molecule has 1 aromatic rings. The predicted octanol–water partition coefficient (Wildman–Crippen LogP) is 3.77. The average molecular weight is 391 g/mol. The van der Waals surface area contributed by atoms with Gasteiger partial charge in [0.1, 0.15) is 0 Å². The second-order valence-electron chi connectivity index (χ2n) is 8.49. The monoisotopic (exact) mass is 390 g/mol. The number of nitrogens with one attached hydrogen (secondary N) is 1. The van der Waals surface area contributed by atoms with Crippen molar-refractivity contribution in [3.63, 3.8) is 0 Å². The number of hydrogen-bond acceptors (Lipinski definition) is 3. The molecule has 0 radical (unpaired) electrons. The van der Waals surface area contributed by atoms with Crippen LogP contribution in [0.15, 0.2) is 23.1 Å². The number of sulfonamides is 1.